The van der Waals surface area contributed by atoms with Gasteiger partial charge in [0.15, 0.2) is 0 Å². The van der Waals surface area contributed by atoms with E-state index in [0.29, 0.717) is 6.54 Å². The molecule has 0 bridgehead atoms. The van der Waals surface area contributed by atoms with Crippen molar-refractivity contribution in [3.63, 3.8) is 0 Å². The number of hydrogen-bond donors (Lipinski definition) is 1. The number of aliphatic hydroxyl groups excluding tert-OH is 1. The largest absolute Gasteiger partial charge is 0.464 e. The van der Waals surface area contributed by atoms with E-state index < -0.39 is 6.10 Å². The topological polar surface area (TPSA) is 51.2 Å². The summed E-state index contributed by atoms with van der Waals surface area (Å²) in [5.74, 6) is 1.61. The molecule has 0 aliphatic carbocycles. The Kier molecular flexibility index (Phi) is 4.19. The van der Waals surface area contributed by atoms with Crippen LogP contribution in [-0.2, 0) is 6.54 Å². The lowest BCUT2D eigenvalue weighted by molar-refractivity contribution is 0.157. The zero-order chi connectivity index (χ0) is 17.1. The highest BCUT2D eigenvalue weighted by Crippen LogP contribution is 2.32. The normalized spacial score (nSPS) is 12.2. The van der Waals surface area contributed by atoms with Gasteiger partial charge in [0, 0.05) is 23.5 Å². The lowest BCUT2D eigenvalue weighted by atomic mass is 10.0. The maximum atomic E-state index is 10.5. The summed E-state index contributed by atoms with van der Waals surface area (Å²) in [4.78, 5) is 4.51. The number of furan rings is 1. The van der Waals surface area contributed by atoms with E-state index in [4.69, 9.17) is 4.42 Å². The van der Waals surface area contributed by atoms with Gasteiger partial charge < -0.3 is 14.1 Å². The maximum Gasteiger partial charge on any atom is 0.140 e. The molecule has 124 valence electrons. The molecule has 2 aromatic carbocycles. The van der Waals surface area contributed by atoms with Crippen LogP contribution < -0.4 is 0 Å². The number of aromatic nitrogens is 2. The quantitative estimate of drug-likeness (QED) is 0.584. The van der Waals surface area contributed by atoms with Crippen molar-refractivity contribution >= 4 is 0 Å². The predicted octanol–water partition coefficient (Wildman–Crippen LogP) is 4.54. The van der Waals surface area contributed by atoms with Crippen molar-refractivity contribution in [1.29, 1.82) is 0 Å². The minimum Gasteiger partial charge on any atom is -0.464 e. The molecule has 0 saturated carbocycles. The second-order valence-corrected chi connectivity index (χ2v) is 5.85. The van der Waals surface area contributed by atoms with Crippen LogP contribution in [0.4, 0.5) is 0 Å². The summed E-state index contributed by atoms with van der Waals surface area (Å²) >= 11 is 0. The highest BCUT2D eigenvalue weighted by Gasteiger charge is 2.16. The van der Waals surface area contributed by atoms with Crippen molar-refractivity contribution in [2.24, 2.45) is 0 Å². The molecule has 4 rings (SSSR count). The Bertz CT molecular complexity index is 943. The van der Waals surface area contributed by atoms with Gasteiger partial charge in [-0.1, -0.05) is 54.6 Å². The molecule has 0 saturated heterocycles. The van der Waals surface area contributed by atoms with Crippen molar-refractivity contribution < 1.29 is 9.52 Å². The Morgan fingerprint density at radius 2 is 1.68 bits per heavy atom. The first-order valence-corrected chi connectivity index (χ1v) is 8.20. The van der Waals surface area contributed by atoms with Gasteiger partial charge >= 0.3 is 0 Å². The summed E-state index contributed by atoms with van der Waals surface area (Å²) < 4.78 is 7.53. The predicted molar refractivity (Wildman–Crippen MR) is 96.8 cm³/mol. The van der Waals surface area contributed by atoms with E-state index >= 15 is 0 Å². The number of nitrogens with zero attached hydrogens (tertiary/aromatic N) is 2. The molecule has 2 heterocycles. The maximum absolute atomic E-state index is 10.5. The summed E-state index contributed by atoms with van der Waals surface area (Å²) in [6.07, 6.45) is 4.72. The highest BCUT2D eigenvalue weighted by atomic mass is 16.3. The Morgan fingerprint density at radius 3 is 2.44 bits per heavy atom. The Labute approximate surface area is 146 Å². The third-order valence-electron chi connectivity index (χ3n) is 4.22. The van der Waals surface area contributed by atoms with Crippen molar-refractivity contribution in [2.75, 3.05) is 0 Å². The molecule has 1 N–H and O–H groups in total. The molecule has 0 aliphatic rings. The highest BCUT2D eigenvalue weighted by molar-refractivity contribution is 5.78. The van der Waals surface area contributed by atoms with Crippen molar-refractivity contribution in [2.45, 2.75) is 12.6 Å². The van der Waals surface area contributed by atoms with Gasteiger partial charge in [-0.15, -0.1) is 0 Å². The van der Waals surface area contributed by atoms with Crippen LogP contribution >= 0.6 is 0 Å². The monoisotopic (exact) mass is 330 g/mol. The molecule has 1 atom stereocenters. The van der Waals surface area contributed by atoms with Gasteiger partial charge in [-0.05, 0) is 17.7 Å². The number of imidazole rings is 1. The minimum atomic E-state index is -0.593. The van der Waals surface area contributed by atoms with Gasteiger partial charge in [0.1, 0.15) is 11.6 Å². The first kappa shape index (κ1) is 15.4. The first-order chi connectivity index (χ1) is 12.3. The van der Waals surface area contributed by atoms with E-state index in [-0.39, 0.29) is 0 Å². The van der Waals surface area contributed by atoms with E-state index in [2.05, 4.69) is 4.98 Å². The smallest absolute Gasteiger partial charge is 0.140 e. The molecule has 0 spiro atoms. The van der Waals surface area contributed by atoms with Crippen LogP contribution in [0.3, 0.4) is 0 Å². The van der Waals surface area contributed by atoms with Gasteiger partial charge in [0.05, 0.1) is 18.9 Å². The fourth-order valence-electron chi connectivity index (χ4n) is 2.99. The third kappa shape index (κ3) is 3.12. The molecule has 2 aromatic heterocycles. The summed E-state index contributed by atoms with van der Waals surface area (Å²) in [5.41, 5.74) is 2.85. The SMILES string of the molecule is OC(Cn1ccnc1-c1ccccc1-c1ccco1)c1ccccc1. The van der Waals surface area contributed by atoms with E-state index in [1.54, 1.807) is 12.5 Å². The number of benzene rings is 2. The molecule has 0 fully saturated rings. The molecule has 4 heteroatoms. The number of hydrogen-bond acceptors (Lipinski definition) is 3. The fraction of sp³-hybridized carbons (Fsp3) is 0.0952. The second kappa shape index (κ2) is 6.79. The molecule has 0 aliphatic heterocycles. The van der Waals surface area contributed by atoms with Gasteiger partial charge in [-0.3, -0.25) is 0 Å². The second-order valence-electron chi connectivity index (χ2n) is 5.85. The lowest BCUT2D eigenvalue weighted by Crippen LogP contribution is -2.09. The third-order valence-corrected chi connectivity index (χ3v) is 4.22. The minimum absolute atomic E-state index is 0.436. The van der Waals surface area contributed by atoms with E-state index in [9.17, 15) is 5.11 Å². The van der Waals surface area contributed by atoms with E-state index in [1.807, 2.05) is 77.5 Å². The van der Waals surface area contributed by atoms with Crippen LogP contribution in [0.1, 0.15) is 11.7 Å². The van der Waals surface area contributed by atoms with Crippen molar-refractivity contribution in [1.82, 2.24) is 9.55 Å². The Morgan fingerprint density at radius 1 is 0.920 bits per heavy atom. The molecular weight excluding hydrogens is 312 g/mol. The standard InChI is InChI=1S/C21H18N2O2/c24-19(16-7-2-1-3-8-16)15-23-13-12-22-21(23)18-10-5-4-9-17(18)20-11-6-14-25-20/h1-14,19,24H,15H2. The summed E-state index contributed by atoms with van der Waals surface area (Å²) in [7, 11) is 0. The summed E-state index contributed by atoms with van der Waals surface area (Å²) in [6.45, 7) is 0.436. The first-order valence-electron chi connectivity index (χ1n) is 8.20. The Balaban J connectivity index is 1.69. The molecule has 1 unspecified atom stereocenters. The van der Waals surface area contributed by atoms with Crippen LogP contribution in [-0.4, -0.2) is 14.7 Å². The summed E-state index contributed by atoms with van der Waals surface area (Å²) in [6, 6.07) is 21.5. The molecule has 0 radical (unpaired) electrons. The number of rotatable bonds is 5. The van der Waals surface area contributed by atoms with Gasteiger partial charge in [-0.25, -0.2) is 4.98 Å². The average Bonchev–Trinajstić information content (AvgIpc) is 3.34. The number of aliphatic hydroxyl groups is 1. The van der Waals surface area contributed by atoms with Crippen LogP contribution in [0.15, 0.2) is 89.8 Å². The van der Waals surface area contributed by atoms with E-state index in [0.717, 1.165) is 28.3 Å². The Hall–Kier alpha value is -3.11. The van der Waals surface area contributed by atoms with Crippen LogP contribution in [0.2, 0.25) is 0 Å². The van der Waals surface area contributed by atoms with Crippen molar-refractivity contribution in [3.05, 3.63) is 91.0 Å². The molecule has 4 aromatic rings. The fourth-order valence-corrected chi connectivity index (χ4v) is 2.99. The average molecular weight is 330 g/mol. The van der Waals surface area contributed by atoms with Gasteiger partial charge in [0.25, 0.3) is 0 Å². The van der Waals surface area contributed by atoms with Gasteiger partial charge in [0.2, 0.25) is 0 Å². The molecule has 25 heavy (non-hydrogen) atoms. The molecule has 4 nitrogen and oxygen atoms in total. The zero-order valence-electron chi connectivity index (χ0n) is 13.6. The van der Waals surface area contributed by atoms with Crippen LogP contribution in [0.5, 0.6) is 0 Å². The van der Waals surface area contributed by atoms with Crippen molar-refractivity contribution in [3.8, 4) is 22.7 Å². The van der Waals surface area contributed by atoms with E-state index in [1.165, 1.54) is 0 Å². The summed E-state index contributed by atoms with van der Waals surface area (Å²) in [5, 5.41) is 10.5. The lowest BCUT2D eigenvalue weighted by Gasteiger charge is -2.15. The molecule has 0 amide bonds. The zero-order valence-corrected chi connectivity index (χ0v) is 13.6. The molecular formula is C21H18N2O2. The van der Waals surface area contributed by atoms with Crippen LogP contribution in [0, 0.1) is 0 Å². The van der Waals surface area contributed by atoms with Gasteiger partial charge in [-0.2, -0.15) is 0 Å². The van der Waals surface area contributed by atoms with Crippen LogP contribution in [0.25, 0.3) is 22.7 Å².